The van der Waals surface area contributed by atoms with Gasteiger partial charge in [0.1, 0.15) is 12.3 Å². The highest BCUT2D eigenvalue weighted by atomic mass is 16.3. The maximum Gasteiger partial charge on any atom is 0.242 e. The molecule has 1 aromatic heterocycles. The highest BCUT2D eigenvalue weighted by Gasteiger charge is 2.07. The number of hydrogen-bond acceptors (Lipinski definition) is 3. The van der Waals surface area contributed by atoms with Gasteiger partial charge in [-0.3, -0.25) is 4.79 Å². The van der Waals surface area contributed by atoms with Crippen molar-refractivity contribution >= 4 is 11.9 Å². The smallest absolute Gasteiger partial charge is 0.242 e. The fraction of sp³-hybridized carbons (Fsp3) is 0.368. The second-order valence-electron chi connectivity index (χ2n) is 5.74. The van der Waals surface area contributed by atoms with Crippen LogP contribution in [-0.4, -0.2) is 31.5 Å². The molecular weight excluding hydrogens is 316 g/mol. The first kappa shape index (κ1) is 18.6. The van der Waals surface area contributed by atoms with Gasteiger partial charge in [-0.05, 0) is 30.5 Å². The van der Waals surface area contributed by atoms with Crippen LogP contribution in [0.1, 0.15) is 31.1 Å². The number of carbonyl (C=O) groups excluding carboxylic acids is 1. The van der Waals surface area contributed by atoms with Crippen molar-refractivity contribution < 1.29 is 9.21 Å². The monoisotopic (exact) mass is 342 g/mol. The molecule has 1 aromatic carbocycles. The zero-order valence-corrected chi connectivity index (χ0v) is 14.8. The van der Waals surface area contributed by atoms with Crippen molar-refractivity contribution in [2.75, 3.05) is 19.6 Å². The van der Waals surface area contributed by atoms with Gasteiger partial charge < -0.3 is 20.4 Å². The second-order valence-corrected chi connectivity index (χ2v) is 5.74. The number of nitrogens with one attached hydrogen (secondary N) is 3. The molecule has 0 radical (unpaired) electrons. The summed E-state index contributed by atoms with van der Waals surface area (Å²) in [6, 6.07) is 13.9. The largest absolute Gasteiger partial charge is 0.467 e. The van der Waals surface area contributed by atoms with Crippen molar-refractivity contribution in [2.45, 2.75) is 26.3 Å². The Morgan fingerprint density at radius 2 is 1.92 bits per heavy atom. The lowest BCUT2D eigenvalue weighted by molar-refractivity contribution is -0.119. The number of hydrogen-bond donors (Lipinski definition) is 3. The Morgan fingerprint density at radius 3 is 2.60 bits per heavy atom. The van der Waals surface area contributed by atoms with Gasteiger partial charge in [-0.25, -0.2) is 4.99 Å². The second kappa shape index (κ2) is 10.2. The zero-order chi connectivity index (χ0) is 17.9. The van der Waals surface area contributed by atoms with E-state index in [1.54, 1.807) is 12.3 Å². The number of nitrogens with zero attached hydrogens (tertiary/aromatic N) is 1. The van der Waals surface area contributed by atoms with Crippen LogP contribution < -0.4 is 16.0 Å². The van der Waals surface area contributed by atoms with Gasteiger partial charge in [0.2, 0.25) is 5.91 Å². The fourth-order valence-electron chi connectivity index (χ4n) is 2.30. The standard InChI is InChI=1S/C19H26N4O2/c1-3-20-19(22-12-15(2)16-8-5-4-6-9-16)23-14-18(24)21-13-17-10-7-11-25-17/h4-11,15H,3,12-14H2,1-2H3,(H,21,24)(H2,20,22,23). The van der Waals surface area contributed by atoms with E-state index in [-0.39, 0.29) is 12.5 Å². The van der Waals surface area contributed by atoms with Gasteiger partial charge in [0, 0.05) is 13.1 Å². The van der Waals surface area contributed by atoms with E-state index in [1.165, 1.54) is 5.56 Å². The number of benzene rings is 1. The molecule has 3 N–H and O–H groups in total. The lowest BCUT2D eigenvalue weighted by atomic mass is 10.0. The highest BCUT2D eigenvalue weighted by molar-refractivity contribution is 5.84. The first-order valence-electron chi connectivity index (χ1n) is 8.55. The molecule has 0 saturated heterocycles. The summed E-state index contributed by atoms with van der Waals surface area (Å²) in [5.41, 5.74) is 1.27. The SMILES string of the molecule is CCNC(=NCC(=O)NCc1ccco1)NCC(C)c1ccccc1. The van der Waals surface area contributed by atoms with E-state index in [0.29, 0.717) is 18.4 Å². The van der Waals surface area contributed by atoms with Crippen LogP contribution in [0.3, 0.4) is 0 Å². The third-order valence-corrected chi connectivity index (χ3v) is 3.71. The summed E-state index contributed by atoms with van der Waals surface area (Å²) in [6.07, 6.45) is 1.58. The molecule has 6 nitrogen and oxygen atoms in total. The van der Waals surface area contributed by atoms with Crippen LogP contribution in [0.4, 0.5) is 0 Å². The van der Waals surface area contributed by atoms with Crippen LogP contribution in [0.15, 0.2) is 58.1 Å². The Labute approximate surface area is 148 Å². The van der Waals surface area contributed by atoms with E-state index < -0.39 is 0 Å². The minimum absolute atomic E-state index is 0.0652. The van der Waals surface area contributed by atoms with Crippen molar-refractivity contribution in [3.63, 3.8) is 0 Å². The van der Waals surface area contributed by atoms with Gasteiger partial charge in [0.15, 0.2) is 5.96 Å². The molecule has 6 heteroatoms. The Balaban J connectivity index is 1.79. The first-order chi connectivity index (χ1) is 12.2. The topological polar surface area (TPSA) is 78.7 Å². The first-order valence-corrected chi connectivity index (χ1v) is 8.55. The molecular formula is C19H26N4O2. The average Bonchev–Trinajstić information content (AvgIpc) is 3.16. The number of guanidine groups is 1. The minimum Gasteiger partial charge on any atom is -0.467 e. The van der Waals surface area contributed by atoms with Crippen LogP contribution in [0.5, 0.6) is 0 Å². The summed E-state index contributed by atoms with van der Waals surface area (Å²) in [4.78, 5) is 16.2. The number of aliphatic imine (C=N–C) groups is 1. The Bertz CT molecular complexity index is 653. The molecule has 1 heterocycles. The number of furan rings is 1. The van der Waals surface area contributed by atoms with Crippen molar-refractivity contribution in [2.24, 2.45) is 4.99 Å². The number of amides is 1. The quantitative estimate of drug-likeness (QED) is 0.508. The average molecular weight is 342 g/mol. The zero-order valence-electron chi connectivity index (χ0n) is 14.8. The highest BCUT2D eigenvalue weighted by Crippen LogP contribution is 2.12. The predicted octanol–water partition coefficient (Wildman–Crippen LogP) is 2.25. The molecule has 0 aliphatic rings. The summed E-state index contributed by atoms with van der Waals surface area (Å²) in [5, 5.41) is 9.22. The Hall–Kier alpha value is -2.76. The van der Waals surface area contributed by atoms with Gasteiger partial charge in [-0.2, -0.15) is 0 Å². The molecule has 1 unspecified atom stereocenters. The molecule has 1 atom stereocenters. The van der Waals surface area contributed by atoms with Gasteiger partial charge in [0.05, 0.1) is 12.8 Å². The van der Waals surface area contributed by atoms with Crippen molar-refractivity contribution in [1.82, 2.24) is 16.0 Å². The molecule has 0 aliphatic carbocycles. The number of rotatable bonds is 8. The molecule has 0 saturated carbocycles. The van der Waals surface area contributed by atoms with E-state index in [9.17, 15) is 4.79 Å². The molecule has 0 spiro atoms. The third kappa shape index (κ3) is 6.71. The van der Waals surface area contributed by atoms with Crippen molar-refractivity contribution in [3.8, 4) is 0 Å². The minimum atomic E-state index is -0.148. The molecule has 0 aliphatic heterocycles. The van der Waals surface area contributed by atoms with Crippen molar-refractivity contribution in [3.05, 3.63) is 60.1 Å². The van der Waals surface area contributed by atoms with Crippen LogP contribution in [0.25, 0.3) is 0 Å². The predicted molar refractivity (Wildman–Crippen MR) is 99.4 cm³/mol. The lowest BCUT2D eigenvalue weighted by Gasteiger charge is -2.16. The van der Waals surface area contributed by atoms with E-state index >= 15 is 0 Å². The fourth-order valence-corrected chi connectivity index (χ4v) is 2.30. The molecule has 2 rings (SSSR count). The van der Waals surface area contributed by atoms with Gasteiger partial charge in [0.25, 0.3) is 0 Å². The Kier molecular flexibility index (Phi) is 7.56. The number of carbonyl (C=O) groups is 1. The van der Waals surface area contributed by atoms with Crippen LogP contribution in [-0.2, 0) is 11.3 Å². The van der Waals surface area contributed by atoms with Gasteiger partial charge in [-0.15, -0.1) is 0 Å². The summed E-state index contributed by atoms with van der Waals surface area (Å²) in [6.45, 7) is 6.06. The summed E-state index contributed by atoms with van der Waals surface area (Å²) in [7, 11) is 0. The van der Waals surface area contributed by atoms with Gasteiger partial charge >= 0.3 is 0 Å². The third-order valence-electron chi connectivity index (χ3n) is 3.71. The van der Waals surface area contributed by atoms with Crippen LogP contribution in [0.2, 0.25) is 0 Å². The van der Waals surface area contributed by atoms with E-state index in [4.69, 9.17) is 4.42 Å². The molecule has 1 amide bonds. The lowest BCUT2D eigenvalue weighted by Crippen LogP contribution is -2.40. The maximum absolute atomic E-state index is 11.9. The molecule has 2 aromatic rings. The van der Waals surface area contributed by atoms with Crippen LogP contribution in [0, 0.1) is 0 Å². The summed E-state index contributed by atoms with van der Waals surface area (Å²) in [5.74, 6) is 1.56. The van der Waals surface area contributed by atoms with E-state index in [1.807, 2.05) is 31.2 Å². The molecule has 134 valence electrons. The van der Waals surface area contributed by atoms with E-state index in [2.05, 4.69) is 40.0 Å². The molecule has 0 fully saturated rings. The van der Waals surface area contributed by atoms with Crippen LogP contribution >= 0.6 is 0 Å². The Morgan fingerprint density at radius 1 is 1.12 bits per heavy atom. The molecule has 0 bridgehead atoms. The van der Waals surface area contributed by atoms with Crippen molar-refractivity contribution in [1.29, 1.82) is 0 Å². The van der Waals surface area contributed by atoms with Gasteiger partial charge in [-0.1, -0.05) is 37.3 Å². The molecule has 25 heavy (non-hydrogen) atoms. The summed E-state index contributed by atoms with van der Waals surface area (Å²) >= 11 is 0. The summed E-state index contributed by atoms with van der Waals surface area (Å²) < 4.78 is 5.18. The maximum atomic E-state index is 11.9. The normalized spacial score (nSPS) is 12.5. The van der Waals surface area contributed by atoms with E-state index in [0.717, 1.165) is 18.8 Å².